The van der Waals surface area contributed by atoms with E-state index in [1.807, 2.05) is 6.08 Å². The fourth-order valence-corrected chi connectivity index (χ4v) is 2.81. The molecule has 0 radical (unpaired) electrons. The topological polar surface area (TPSA) is 0 Å². The molecule has 0 saturated carbocycles. The number of hydrogen-bond donors (Lipinski definition) is 0. The minimum absolute atomic E-state index is 1.10. The lowest BCUT2D eigenvalue weighted by atomic mass is 9.93. The average Bonchev–Trinajstić information content (AvgIpc) is 2.57. The second-order valence-corrected chi connectivity index (χ2v) is 5.38. The summed E-state index contributed by atoms with van der Waals surface area (Å²) >= 11 is 3.54. The van der Waals surface area contributed by atoms with E-state index in [-0.39, 0.29) is 0 Å². The summed E-state index contributed by atoms with van der Waals surface area (Å²) in [6.07, 6.45) is 8.27. The molecule has 0 unspecified atom stereocenters. The molecular weight excluding hydrogens is 296 g/mol. The number of benzene rings is 2. The maximum absolute atomic E-state index is 3.84. The van der Waals surface area contributed by atoms with Crippen molar-refractivity contribution in [2.45, 2.75) is 0 Å². The summed E-state index contributed by atoms with van der Waals surface area (Å²) in [5.41, 5.74) is 6.17. The van der Waals surface area contributed by atoms with Gasteiger partial charge in [-0.15, -0.1) is 0 Å². The Kier molecular flexibility index (Phi) is 3.22. The van der Waals surface area contributed by atoms with Crippen molar-refractivity contribution >= 4 is 33.7 Å². The third-order valence-corrected chi connectivity index (χ3v) is 3.77. The van der Waals surface area contributed by atoms with Crippen molar-refractivity contribution in [1.82, 2.24) is 0 Å². The predicted octanol–water partition coefficient (Wildman–Crippen LogP) is 5.55. The van der Waals surface area contributed by atoms with E-state index in [0.29, 0.717) is 0 Å². The number of fused-ring (bicyclic) bond motifs is 2. The van der Waals surface area contributed by atoms with Crippen LogP contribution in [-0.4, -0.2) is 0 Å². The van der Waals surface area contributed by atoms with Crippen molar-refractivity contribution in [1.29, 1.82) is 0 Å². The van der Waals surface area contributed by atoms with E-state index in [1.54, 1.807) is 0 Å². The summed E-state index contributed by atoms with van der Waals surface area (Å²) in [5.74, 6) is 0. The molecule has 0 saturated heterocycles. The number of halogens is 1. The maximum atomic E-state index is 3.84. The summed E-state index contributed by atoms with van der Waals surface area (Å²) in [6, 6.07) is 14.8. The quantitative estimate of drug-likeness (QED) is 0.553. The maximum Gasteiger partial charge on any atom is 0.0181 e. The summed E-state index contributed by atoms with van der Waals surface area (Å²) in [7, 11) is 0. The van der Waals surface area contributed by atoms with Gasteiger partial charge in [-0.1, -0.05) is 77.1 Å². The predicted molar refractivity (Wildman–Crippen MR) is 86.8 cm³/mol. The van der Waals surface area contributed by atoms with Gasteiger partial charge in [-0.25, -0.2) is 0 Å². The van der Waals surface area contributed by atoms with Crippen LogP contribution in [0.2, 0.25) is 0 Å². The molecule has 2 aromatic rings. The van der Waals surface area contributed by atoms with Crippen LogP contribution in [-0.2, 0) is 0 Å². The molecule has 0 amide bonds. The molecule has 0 nitrogen and oxygen atoms in total. The molecule has 19 heavy (non-hydrogen) atoms. The van der Waals surface area contributed by atoms with Crippen molar-refractivity contribution in [2.75, 3.05) is 0 Å². The van der Waals surface area contributed by atoms with Crippen LogP contribution in [0.1, 0.15) is 22.3 Å². The lowest BCUT2D eigenvalue weighted by molar-refractivity contribution is 1.51. The van der Waals surface area contributed by atoms with Gasteiger partial charge in [0.05, 0.1) is 0 Å². The first-order chi connectivity index (χ1) is 9.29. The Labute approximate surface area is 121 Å². The van der Waals surface area contributed by atoms with Crippen molar-refractivity contribution in [2.24, 2.45) is 0 Å². The van der Waals surface area contributed by atoms with E-state index in [2.05, 4.69) is 83.2 Å². The van der Waals surface area contributed by atoms with Crippen LogP contribution in [0.4, 0.5) is 0 Å². The van der Waals surface area contributed by atoms with E-state index in [9.17, 15) is 0 Å². The van der Waals surface area contributed by atoms with Crippen molar-refractivity contribution in [3.63, 3.8) is 0 Å². The lowest BCUT2D eigenvalue weighted by Gasteiger charge is -2.11. The average molecular weight is 309 g/mol. The van der Waals surface area contributed by atoms with Crippen LogP contribution in [0, 0.1) is 0 Å². The molecule has 0 atom stereocenters. The molecular formula is C18H13Br. The molecule has 1 aliphatic rings. The van der Waals surface area contributed by atoms with Gasteiger partial charge in [0, 0.05) is 4.47 Å². The smallest absolute Gasteiger partial charge is 0.0181 e. The van der Waals surface area contributed by atoms with Gasteiger partial charge in [0.15, 0.2) is 0 Å². The van der Waals surface area contributed by atoms with Crippen LogP contribution in [0.5, 0.6) is 0 Å². The molecule has 0 aromatic heterocycles. The highest BCUT2D eigenvalue weighted by Crippen LogP contribution is 2.34. The third kappa shape index (κ3) is 2.22. The van der Waals surface area contributed by atoms with E-state index in [4.69, 9.17) is 0 Å². The summed E-state index contributed by atoms with van der Waals surface area (Å²) in [4.78, 5) is 0. The first kappa shape index (κ1) is 12.2. The minimum Gasteiger partial charge on any atom is -0.0990 e. The zero-order valence-electron chi connectivity index (χ0n) is 10.4. The highest BCUT2D eigenvalue weighted by molar-refractivity contribution is 9.10. The molecule has 1 aliphatic carbocycles. The SMILES string of the molecule is C=CC=C1c2ccccc2C=Cc2cc(Br)ccc21. The third-order valence-electron chi connectivity index (χ3n) is 3.28. The molecule has 0 fully saturated rings. The Morgan fingerprint density at radius 1 is 0.895 bits per heavy atom. The fourth-order valence-electron chi connectivity index (χ4n) is 2.43. The van der Waals surface area contributed by atoms with Gasteiger partial charge in [0.1, 0.15) is 0 Å². The second-order valence-electron chi connectivity index (χ2n) is 4.47. The van der Waals surface area contributed by atoms with Gasteiger partial charge in [-0.2, -0.15) is 0 Å². The zero-order chi connectivity index (χ0) is 13.2. The molecule has 92 valence electrons. The van der Waals surface area contributed by atoms with Gasteiger partial charge in [0.2, 0.25) is 0 Å². The second kappa shape index (κ2) is 5.02. The molecule has 0 spiro atoms. The Balaban J connectivity index is 2.33. The lowest BCUT2D eigenvalue weighted by Crippen LogP contribution is -1.91. The molecule has 0 bridgehead atoms. The molecule has 1 heteroatoms. The standard InChI is InChI=1S/C18H13Br/c1-2-5-18-16-7-4-3-6-13(16)8-9-14-12-15(19)10-11-17(14)18/h2-12H,1H2. The number of rotatable bonds is 1. The fraction of sp³-hybridized carbons (Fsp3) is 0. The number of hydrogen-bond acceptors (Lipinski definition) is 0. The van der Waals surface area contributed by atoms with Crippen molar-refractivity contribution < 1.29 is 0 Å². The van der Waals surface area contributed by atoms with E-state index in [1.165, 1.54) is 27.8 Å². The van der Waals surface area contributed by atoms with Crippen LogP contribution in [0.3, 0.4) is 0 Å². The van der Waals surface area contributed by atoms with Gasteiger partial charge in [0.25, 0.3) is 0 Å². The Morgan fingerprint density at radius 2 is 1.63 bits per heavy atom. The van der Waals surface area contributed by atoms with Crippen LogP contribution in [0.25, 0.3) is 17.7 Å². The first-order valence-electron chi connectivity index (χ1n) is 6.20. The first-order valence-corrected chi connectivity index (χ1v) is 6.99. The molecule has 0 heterocycles. The highest BCUT2D eigenvalue weighted by atomic mass is 79.9. The van der Waals surface area contributed by atoms with Crippen molar-refractivity contribution in [3.05, 3.63) is 87.9 Å². The van der Waals surface area contributed by atoms with E-state index < -0.39 is 0 Å². The van der Waals surface area contributed by atoms with E-state index >= 15 is 0 Å². The number of allylic oxidation sites excluding steroid dienone is 2. The summed E-state index contributed by atoms with van der Waals surface area (Å²) < 4.78 is 1.10. The van der Waals surface area contributed by atoms with Gasteiger partial charge in [-0.3, -0.25) is 0 Å². The molecule has 0 aliphatic heterocycles. The van der Waals surface area contributed by atoms with Gasteiger partial charge in [-0.05, 0) is 40.0 Å². The van der Waals surface area contributed by atoms with Crippen LogP contribution < -0.4 is 0 Å². The summed E-state index contributed by atoms with van der Waals surface area (Å²) in [5, 5.41) is 0. The highest BCUT2D eigenvalue weighted by Gasteiger charge is 2.14. The minimum atomic E-state index is 1.10. The Bertz CT molecular complexity index is 705. The summed E-state index contributed by atoms with van der Waals surface area (Å²) in [6.45, 7) is 3.84. The zero-order valence-corrected chi connectivity index (χ0v) is 12.0. The van der Waals surface area contributed by atoms with E-state index in [0.717, 1.165) is 4.47 Å². The monoisotopic (exact) mass is 308 g/mol. The van der Waals surface area contributed by atoms with Gasteiger partial charge >= 0.3 is 0 Å². The van der Waals surface area contributed by atoms with Crippen LogP contribution >= 0.6 is 15.9 Å². The molecule has 3 rings (SSSR count). The Morgan fingerprint density at radius 3 is 2.47 bits per heavy atom. The normalized spacial score (nSPS) is 14.7. The largest absolute Gasteiger partial charge is 0.0990 e. The Hall–Kier alpha value is -1.86. The van der Waals surface area contributed by atoms with Crippen molar-refractivity contribution in [3.8, 4) is 0 Å². The molecule has 0 N–H and O–H groups in total. The molecule has 2 aromatic carbocycles. The van der Waals surface area contributed by atoms with Crippen LogP contribution in [0.15, 0.2) is 65.7 Å². The van der Waals surface area contributed by atoms with Gasteiger partial charge < -0.3 is 0 Å².